The van der Waals surface area contributed by atoms with E-state index in [1.54, 1.807) is 6.07 Å². The maximum Gasteiger partial charge on any atom is 0.339 e. The second kappa shape index (κ2) is 5.18. The number of rotatable bonds is 3. The molecule has 0 saturated carbocycles. The normalized spacial score (nSPS) is 12.2. The lowest BCUT2D eigenvalue weighted by molar-refractivity contribution is -0.150. The van der Waals surface area contributed by atoms with E-state index < -0.39 is 12.1 Å². The van der Waals surface area contributed by atoms with Gasteiger partial charge in [-0.05, 0) is 24.1 Å². The van der Waals surface area contributed by atoms with Crippen LogP contribution in [0.25, 0.3) is 0 Å². The first-order chi connectivity index (χ1) is 7.51. The van der Waals surface area contributed by atoms with Gasteiger partial charge in [0, 0.05) is 10.6 Å². The van der Waals surface area contributed by atoms with Gasteiger partial charge in [-0.25, -0.2) is 4.79 Å². The minimum Gasteiger partial charge on any atom is -0.507 e. The highest BCUT2D eigenvalue weighted by atomic mass is 35.5. The number of aliphatic hydroxyl groups is 1. The summed E-state index contributed by atoms with van der Waals surface area (Å²) in [5.74, 6) is -0.954. The maximum atomic E-state index is 11.1. The molecule has 0 bridgehead atoms. The Morgan fingerprint density at radius 2 is 2.19 bits per heavy atom. The molecule has 1 aromatic carbocycles. The van der Waals surface area contributed by atoms with Gasteiger partial charge in [0.05, 0.1) is 7.11 Å². The Morgan fingerprint density at radius 3 is 2.69 bits per heavy atom. The number of esters is 1. The van der Waals surface area contributed by atoms with Crippen molar-refractivity contribution in [3.63, 3.8) is 0 Å². The van der Waals surface area contributed by atoms with E-state index >= 15 is 0 Å². The lowest BCUT2D eigenvalue weighted by Crippen LogP contribution is -2.14. The van der Waals surface area contributed by atoms with Crippen molar-refractivity contribution in [2.24, 2.45) is 0 Å². The minimum absolute atomic E-state index is 0.0659. The first-order valence-electron chi connectivity index (χ1n) is 4.78. The summed E-state index contributed by atoms with van der Waals surface area (Å²) in [5, 5.41) is 19.8. The highest BCUT2D eigenvalue weighted by molar-refractivity contribution is 6.30. The van der Waals surface area contributed by atoms with Gasteiger partial charge in [-0.15, -0.1) is 0 Å². The van der Waals surface area contributed by atoms with Crippen LogP contribution in [0.3, 0.4) is 0 Å². The molecule has 0 heterocycles. The molecule has 2 N–H and O–H groups in total. The van der Waals surface area contributed by atoms with Gasteiger partial charge in [-0.2, -0.15) is 0 Å². The number of methoxy groups -OCH3 is 1. The molecule has 0 spiro atoms. The van der Waals surface area contributed by atoms with Crippen LogP contribution >= 0.6 is 11.6 Å². The summed E-state index contributed by atoms with van der Waals surface area (Å²) in [4.78, 5) is 11.1. The first kappa shape index (κ1) is 12.8. The Balaban J connectivity index is 3.22. The number of ether oxygens (including phenoxy) is 1. The van der Waals surface area contributed by atoms with Gasteiger partial charge in [0.25, 0.3) is 0 Å². The van der Waals surface area contributed by atoms with Crippen LogP contribution in [0.2, 0.25) is 5.02 Å². The average molecular weight is 245 g/mol. The van der Waals surface area contributed by atoms with Crippen molar-refractivity contribution in [1.29, 1.82) is 0 Å². The van der Waals surface area contributed by atoms with E-state index in [0.29, 0.717) is 17.0 Å². The number of hydrogen-bond acceptors (Lipinski definition) is 4. The highest BCUT2D eigenvalue weighted by Gasteiger charge is 2.23. The summed E-state index contributed by atoms with van der Waals surface area (Å²) in [6.07, 6.45) is -0.971. The summed E-state index contributed by atoms with van der Waals surface area (Å²) in [7, 11) is 1.16. The third-order valence-electron chi connectivity index (χ3n) is 2.28. The lowest BCUT2D eigenvalue weighted by Gasteiger charge is -2.13. The molecule has 0 saturated heterocycles. The van der Waals surface area contributed by atoms with E-state index in [9.17, 15) is 15.0 Å². The molecule has 16 heavy (non-hydrogen) atoms. The zero-order valence-corrected chi connectivity index (χ0v) is 9.78. The molecule has 5 heteroatoms. The van der Waals surface area contributed by atoms with Gasteiger partial charge < -0.3 is 14.9 Å². The highest BCUT2D eigenvalue weighted by Crippen LogP contribution is 2.32. The van der Waals surface area contributed by atoms with Crippen molar-refractivity contribution in [3.8, 4) is 5.75 Å². The molecule has 1 atom stereocenters. The number of hydrogen-bond donors (Lipinski definition) is 2. The van der Waals surface area contributed by atoms with Crippen LogP contribution in [0.4, 0.5) is 0 Å². The lowest BCUT2D eigenvalue weighted by atomic mass is 10.0. The van der Waals surface area contributed by atoms with Gasteiger partial charge in [0.15, 0.2) is 6.10 Å². The number of phenols is 1. The van der Waals surface area contributed by atoms with Gasteiger partial charge >= 0.3 is 5.97 Å². The summed E-state index contributed by atoms with van der Waals surface area (Å²) in [6.45, 7) is 1.83. The summed E-state index contributed by atoms with van der Waals surface area (Å²) in [5.41, 5.74) is 0.640. The fourth-order valence-electron chi connectivity index (χ4n) is 1.40. The van der Waals surface area contributed by atoms with Crippen molar-refractivity contribution in [2.45, 2.75) is 19.4 Å². The minimum atomic E-state index is -1.52. The van der Waals surface area contributed by atoms with Crippen molar-refractivity contribution in [2.75, 3.05) is 7.11 Å². The average Bonchev–Trinajstić information content (AvgIpc) is 2.29. The van der Waals surface area contributed by atoms with Gasteiger partial charge in [-0.3, -0.25) is 0 Å². The van der Waals surface area contributed by atoms with E-state index in [2.05, 4.69) is 4.74 Å². The van der Waals surface area contributed by atoms with Gasteiger partial charge in [0.2, 0.25) is 0 Å². The van der Waals surface area contributed by atoms with E-state index in [0.717, 1.165) is 7.11 Å². The zero-order valence-electron chi connectivity index (χ0n) is 9.03. The molecule has 1 unspecified atom stereocenters. The fourth-order valence-corrected chi connectivity index (χ4v) is 1.64. The van der Waals surface area contributed by atoms with Crippen LogP contribution in [0.15, 0.2) is 12.1 Å². The molecule has 0 amide bonds. The first-order valence-corrected chi connectivity index (χ1v) is 5.16. The molecule has 0 aromatic heterocycles. The molecule has 0 aliphatic heterocycles. The maximum absolute atomic E-state index is 11.1. The second-order valence-electron chi connectivity index (χ2n) is 3.28. The van der Waals surface area contributed by atoms with Crippen LogP contribution in [-0.2, 0) is 16.0 Å². The number of halogens is 1. The van der Waals surface area contributed by atoms with Crippen LogP contribution in [-0.4, -0.2) is 23.3 Å². The molecule has 0 aliphatic carbocycles. The number of aromatic hydroxyl groups is 1. The standard InChI is InChI=1S/C11H13ClO4/c1-3-6-4-7(12)5-8(9(6)13)10(14)11(15)16-2/h4-5,10,13-14H,3H2,1-2H3. The Morgan fingerprint density at radius 1 is 1.56 bits per heavy atom. The van der Waals surface area contributed by atoms with Crippen molar-refractivity contribution >= 4 is 17.6 Å². The second-order valence-corrected chi connectivity index (χ2v) is 3.72. The van der Waals surface area contributed by atoms with E-state index in [4.69, 9.17) is 11.6 Å². The SMILES string of the molecule is CCc1cc(Cl)cc(C(O)C(=O)OC)c1O. The summed E-state index contributed by atoms with van der Waals surface area (Å²) in [6, 6.07) is 2.93. The molecule has 1 aromatic rings. The smallest absolute Gasteiger partial charge is 0.339 e. The molecular formula is C11H13ClO4. The van der Waals surface area contributed by atoms with Crippen molar-refractivity contribution < 1.29 is 19.7 Å². The van der Waals surface area contributed by atoms with Crippen molar-refractivity contribution in [1.82, 2.24) is 0 Å². The Bertz CT molecular complexity index is 403. The third-order valence-corrected chi connectivity index (χ3v) is 2.50. The predicted octanol–water partition coefficient (Wildman–Crippen LogP) is 1.81. The van der Waals surface area contributed by atoms with Gasteiger partial charge in [-0.1, -0.05) is 18.5 Å². The summed E-state index contributed by atoms with van der Waals surface area (Å²) < 4.78 is 4.39. The van der Waals surface area contributed by atoms with E-state index in [1.807, 2.05) is 6.92 Å². The number of benzene rings is 1. The van der Waals surface area contributed by atoms with E-state index in [1.165, 1.54) is 6.07 Å². The van der Waals surface area contributed by atoms with Gasteiger partial charge in [0.1, 0.15) is 5.75 Å². The Kier molecular flexibility index (Phi) is 4.15. The largest absolute Gasteiger partial charge is 0.507 e. The van der Waals surface area contributed by atoms with Crippen LogP contribution in [0.5, 0.6) is 5.75 Å². The van der Waals surface area contributed by atoms with Crippen LogP contribution in [0, 0.1) is 0 Å². The number of aryl methyl sites for hydroxylation is 1. The molecule has 0 radical (unpaired) electrons. The molecular weight excluding hydrogens is 232 g/mol. The van der Waals surface area contributed by atoms with Crippen LogP contribution < -0.4 is 0 Å². The zero-order chi connectivity index (χ0) is 12.3. The fraction of sp³-hybridized carbons (Fsp3) is 0.364. The number of carbonyl (C=O) groups excluding carboxylic acids is 1. The number of phenolic OH excluding ortho intramolecular Hbond substituents is 1. The van der Waals surface area contributed by atoms with Crippen LogP contribution in [0.1, 0.15) is 24.2 Å². The Labute approximate surface area is 98.4 Å². The molecule has 4 nitrogen and oxygen atoms in total. The van der Waals surface area contributed by atoms with E-state index in [-0.39, 0.29) is 11.3 Å². The predicted molar refractivity (Wildman–Crippen MR) is 59.5 cm³/mol. The number of aliphatic hydroxyl groups excluding tert-OH is 1. The third kappa shape index (κ3) is 2.46. The Hall–Kier alpha value is -1.26. The van der Waals surface area contributed by atoms with Crippen molar-refractivity contribution in [3.05, 3.63) is 28.3 Å². The summed E-state index contributed by atoms with van der Waals surface area (Å²) >= 11 is 5.82. The molecule has 0 aliphatic rings. The number of carbonyl (C=O) groups is 1. The molecule has 88 valence electrons. The monoisotopic (exact) mass is 244 g/mol. The molecule has 0 fully saturated rings. The molecule has 1 rings (SSSR count). The quantitative estimate of drug-likeness (QED) is 0.796. The topological polar surface area (TPSA) is 66.8 Å².